The fraction of sp³-hybridized carbons (Fsp3) is 0.0930. The van der Waals surface area contributed by atoms with E-state index >= 15 is 0 Å². The van der Waals surface area contributed by atoms with Gasteiger partial charge in [0.05, 0.1) is 11.1 Å². The van der Waals surface area contributed by atoms with Crippen molar-refractivity contribution in [3.8, 4) is 33.4 Å². The molecule has 6 aromatic carbocycles. The molecule has 6 aromatic rings. The Labute approximate surface area is 259 Å². The van der Waals surface area contributed by atoms with Crippen LogP contribution in [0, 0.1) is 6.92 Å². The van der Waals surface area contributed by atoms with Gasteiger partial charge < -0.3 is 0 Å². The predicted molar refractivity (Wildman–Crippen MR) is 186 cm³/mol. The van der Waals surface area contributed by atoms with Crippen LogP contribution in [0.15, 0.2) is 145 Å². The number of nitrogens with zero attached hydrogens (tertiary/aromatic N) is 1. The average Bonchev–Trinajstić information content (AvgIpc) is 3.52. The normalized spacial score (nSPS) is 13.8. The zero-order valence-electron chi connectivity index (χ0n) is 25.4. The first-order valence-corrected chi connectivity index (χ1v) is 15.3. The fourth-order valence-corrected chi connectivity index (χ4v) is 7.44. The van der Waals surface area contributed by atoms with Crippen molar-refractivity contribution in [1.82, 2.24) is 0 Å². The van der Waals surface area contributed by atoms with Gasteiger partial charge in [0.15, 0.2) is 0 Å². The Kier molecular flexibility index (Phi) is 5.93. The number of allylic oxidation sites excluding steroid dienone is 1. The highest BCUT2D eigenvalue weighted by atomic mass is 14.7. The number of benzene rings is 6. The predicted octanol–water partition coefficient (Wildman–Crippen LogP) is 11.2. The molecule has 0 amide bonds. The highest BCUT2D eigenvalue weighted by molar-refractivity contribution is 6.02. The number of hydrogen-bond donors (Lipinski definition) is 0. The van der Waals surface area contributed by atoms with Crippen LogP contribution in [-0.4, -0.2) is 5.71 Å². The smallest absolute Gasteiger partial charge is 0.0725 e. The van der Waals surface area contributed by atoms with Gasteiger partial charge in [-0.3, -0.25) is 4.99 Å². The zero-order chi connectivity index (χ0) is 30.0. The molecular weight excluding hydrogens is 530 g/mol. The van der Waals surface area contributed by atoms with Crippen LogP contribution in [0.2, 0.25) is 0 Å². The lowest BCUT2D eigenvalue weighted by atomic mass is 9.70. The van der Waals surface area contributed by atoms with Gasteiger partial charge in [0, 0.05) is 5.71 Å². The standard InChI is InChI=1S/C43H33N/c1-27(2)30-20-22-36-37-23-21-33(32-14-11-13-31(24-32)29(4)44-42-19-10-5-12-28(42)3)26-41(37)43(40(36)25-30)38-17-8-6-15-34(38)35-16-7-9-18-39(35)43/h5-26H,1H2,2-4H3. The van der Waals surface area contributed by atoms with Crippen LogP contribution >= 0.6 is 0 Å². The van der Waals surface area contributed by atoms with E-state index in [4.69, 9.17) is 4.99 Å². The van der Waals surface area contributed by atoms with Gasteiger partial charge in [-0.1, -0.05) is 121 Å². The van der Waals surface area contributed by atoms with E-state index in [2.05, 4.69) is 155 Å². The number of aliphatic imine (C=N–C) groups is 1. The summed E-state index contributed by atoms with van der Waals surface area (Å²) in [6, 6.07) is 49.1. The molecule has 1 nitrogen and oxygen atoms in total. The van der Waals surface area contributed by atoms with Crippen molar-refractivity contribution in [3.05, 3.63) is 179 Å². The van der Waals surface area contributed by atoms with Crippen LogP contribution in [-0.2, 0) is 5.41 Å². The molecule has 0 atom stereocenters. The Morgan fingerprint density at radius 2 is 1.11 bits per heavy atom. The van der Waals surface area contributed by atoms with E-state index in [0.717, 1.165) is 22.5 Å². The van der Waals surface area contributed by atoms with Crippen LogP contribution < -0.4 is 0 Å². The Bertz CT molecular complexity index is 2130. The quantitative estimate of drug-likeness (QED) is 0.189. The number of aryl methyl sites for hydroxylation is 1. The number of fused-ring (bicyclic) bond motifs is 10. The first-order chi connectivity index (χ1) is 21.5. The molecule has 1 heteroatoms. The Morgan fingerprint density at radius 1 is 0.523 bits per heavy atom. The van der Waals surface area contributed by atoms with E-state index < -0.39 is 0 Å². The van der Waals surface area contributed by atoms with Crippen molar-refractivity contribution in [2.45, 2.75) is 26.2 Å². The van der Waals surface area contributed by atoms with Gasteiger partial charge in [0.2, 0.25) is 0 Å². The number of hydrogen-bond acceptors (Lipinski definition) is 1. The van der Waals surface area contributed by atoms with Crippen molar-refractivity contribution in [2.24, 2.45) is 4.99 Å². The summed E-state index contributed by atoms with van der Waals surface area (Å²) in [5.74, 6) is 0. The third kappa shape index (κ3) is 3.76. The van der Waals surface area contributed by atoms with Crippen LogP contribution in [0.25, 0.3) is 39.0 Å². The summed E-state index contributed by atoms with van der Waals surface area (Å²) in [5.41, 5.74) is 19.3. The molecule has 0 saturated carbocycles. The summed E-state index contributed by atoms with van der Waals surface area (Å²) >= 11 is 0. The Balaban J connectivity index is 1.35. The van der Waals surface area contributed by atoms with Gasteiger partial charge in [-0.15, -0.1) is 0 Å². The van der Waals surface area contributed by atoms with E-state index in [0.29, 0.717) is 0 Å². The monoisotopic (exact) mass is 563 g/mol. The van der Waals surface area contributed by atoms with Gasteiger partial charge in [-0.25, -0.2) is 0 Å². The van der Waals surface area contributed by atoms with Crippen molar-refractivity contribution in [3.63, 3.8) is 0 Å². The summed E-state index contributed by atoms with van der Waals surface area (Å²) in [4.78, 5) is 4.99. The molecule has 0 radical (unpaired) electrons. The summed E-state index contributed by atoms with van der Waals surface area (Å²) < 4.78 is 0. The second-order valence-electron chi connectivity index (χ2n) is 12.2. The van der Waals surface area contributed by atoms with Crippen LogP contribution in [0.4, 0.5) is 5.69 Å². The second kappa shape index (κ2) is 9.89. The molecule has 0 unspecified atom stereocenters. The zero-order valence-corrected chi connectivity index (χ0v) is 25.4. The SMILES string of the molecule is C=C(C)c1ccc2c(c1)C1(c3ccccc3-c3ccccc31)c1cc(-c3cccc(C(C)=Nc4ccccc4C)c3)ccc1-2. The third-order valence-electron chi connectivity index (χ3n) is 9.60. The number of rotatable bonds is 4. The second-order valence-corrected chi connectivity index (χ2v) is 12.2. The van der Waals surface area contributed by atoms with Crippen molar-refractivity contribution >= 4 is 17.0 Å². The maximum Gasteiger partial charge on any atom is 0.0725 e. The Hall–Kier alpha value is -5.27. The van der Waals surface area contributed by atoms with E-state index in [9.17, 15) is 0 Å². The van der Waals surface area contributed by atoms with E-state index in [1.165, 1.54) is 66.8 Å². The van der Waals surface area contributed by atoms with E-state index in [1.54, 1.807) is 0 Å². The maximum absolute atomic E-state index is 4.99. The molecule has 8 rings (SSSR count). The fourth-order valence-electron chi connectivity index (χ4n) is 7.44. The van der Waals surface area contributed by atoms with Crippen LogP contribution in [0.1, 0.15) is 52.8 Å². The minimum absolute atomic E-state index is 0.390. The van der Waals surface area contributed by atoms with Crippen molar-refractivity contribution < 1.29 is 0 Å². The molecule has 2 aliphatic rings. The van der Waals surface area contributed by atoms with Gasteiger partial charge in [0.25, 0.3) is 0 Å². The van der Waals surface area contributed by atoms with Crippen LogP contribution in [0.5, 0.6) is 0 Å². The first kappa shape index (κ1) is 26.4. The summed E-state index contributed by atoms with van der Waals surface area (Å²) in [6.45, 7) is 10.6. The maximum atomic E-state index is 4.99. The molecule has 0 fully saturated rings. The van der Waals surface area contributed by atoms with Gasteiger partial charge in [-0.05, 0) is 117 Å². The molecule has 2 aliphatic carbocycles. The lowest BCUT2D eigenvalue weighted by molar-refractivity contribution is 0.793. The topological polar surface area (TPSA) is 12.4 Å². The summed E-state index contributed by atoms with van der Waals surface area (Å²) in [5, 5.41) is 0. The molecule has 0 saturated heterocycles. The minimum Gasteiger partial charge on any atom is -0.253 e. The molecule has 0 aliphatic heterocycles. The molecule has 0 aromatic heterocycles. The van der Waals surface area contributed by atoms with Crippen LogP contribution in [0.3, 0.4) is 0 Å². The molecule has 0 N–H and O–H groups in total. The largest absolute Gasteiger partial charge is 0.253 e. The highest BCUT2D eigenvalue weighted by Crippen LogP contribution is 2.63. The third-order valence-corrected chi connectivity index (χ3v) is 9.60. The van der Waals surface area contributed by atoms with E-state index in [-0.39, 0.29) is 5.41 Å². The molecule has 210 valence electrons. The van der Waals surface area contributed by atoms with Gasteiger partial charge in [0.1, 0.15) is 0 Å². The molecular formula is C43H33N. The minimum atomic E-state index is -0.390. The molecule has 1 spiro atoms. The average molecular weight is 564 g/mol. The molecule has 0 bridgehead atoms. The summed E-state index contributed by atoms with van der Waals surface area (Å²) in [7, 11) is 0. The van der Waals surface area contributed by atoms with Gasteiger partial charge >= 0.3 is 0 Å². The lowest BCUT2D eigenvalue weighted by Crippen LogP contribution is -2.26. The highest BCUT2D eigenvalue weighted by Gasteiger charge is 2.51. The van der Waals surface area contributed by atoms with Crippen molar-refractivity contribution in [1.29, 1.82) is 0 Å². The number of para-hydroxylation sites is 1. The first-order valence-electron chi connectivity index (χ1n) is 15.3. The summed E-state index contributed by atoms with van der Waals surface area (Å²) in [6.07, 6.45) is 0. The van der Waals surface area contributed by atoms with Gasteiger partial charge in [-0.2, -0.15) is 0 Å². The van der Waals surface area contributed by atoms with E-state index in [1.807, 2.05) is 6.07 Å². The molecule has 44 heavy (non-hydrogen) atoms. The Morgan fingerprint density at radius 3 is 1.82 bits per heavy atom. The molecule has 0 heterocycles. The van der Waals surface area contributed by atoms with Crippen molar-refractivity contribution in [2.75, 3.05) is 0 Å². The lowest BCUT2D eigenvalue weighted by Gasteiger charge is -2.31.